The molecule has 0 radical (unpaired) electrons. The molecule has 1 N–H and O–H groups in total. The summed E-state index contributed by atoms with van der Waals surface area (Å²) < 4.78 is 62.1. The molecule has 0 aliphatic heterocycles. The van der Waals surface area contributed by atoms with Crippen molar-refractivity contribution < 1.29 is 21.6 Å². The molecule has 0 aliphatic carbocycles. The van der Waals surface area contributed by atoms with Crippen molar-refractivity contribution in [1.82, 2.24) is 4.72 Å². The van der Waals surface area contributed by atoms with E-state index in [2.05, 4.69) is 11.3 Å². The summed E-state index contributed by atoms with van der Waals surface area (Å²) in [5.74, 6) is 0. The molecule has 0 fully saturated rings. The molecule has 0 unspecified atom stereocenters. The van der Waals surface area contributed by atoms with E-state index in [0.717, 1.165) is 5.56 Å². The molecule has 0 amide bonds. The van der Waals surface area contributed by atoms with Crippen molar-refractivity contribution in [3.63, 3.8) is 0 Å². The minimum Gasteiger partial charge on any atom is -0.211 e. The Labute approximate surface area is 110 Å². The van der Waals surface area contributed by atoms with Gasteiger partial charge in [0.05, 0.1) is 4.90 Å². The Bertz CT molecular complexity index is 547. The molecule has 0 heterocycles. The number of halogens is 3. The van der Waals surface area contributed by atoms with Gasteiger partial charge in [0.15, 0.2) is 0 Å². The third-order valence-corrected chi connectivity index (χ3v) is 3.93. The number of benzene rings is 1. The highest BCUT2D eigenvalue weighted by Gasteiger charge is 2.31. The van der Waals surface area contributed by atoms with Gasteiger partial charge in [-0.25, -0.2) is 13.1 Å². The molecule has 0 bridgehead atoms. The molecule has 0 aromatic heterocycles. The normalized spacial score (nSPS) is 12.4. The zero-order chi connectivity index (χ0) is 14.7. The molecule has 0 saturated heterocycles. The second-order valence-electron chi connectivity index (χ2n) is 4.06. The molecule has 1 aromatic carbocycles. The summed E-state index contributed by atoms with van der Waals surface area (Å²) >= 11 is 0. The van der Waals surface area contributed by atoms with E-state index < -0.39 is 28.2 Å². The standard InChI is InChI=1S/C12H14F3NO2S/c1-9-3-5-11(6-4-9)19(17,18)16-8-7-10(2)12(13,14)15/h3-6,16H,2,7-8H2,1H3. The topological polar surface area (TPSA) is 46.2 Å². The maximum absolute atomic E-state index is 12.2. The second-order valence-corrected chi connectivity index (χ2v) is 5.83. The van der Waals surface area contributed by atoms with Gasteiger partial charge in [-0.2, -0.15) is 13.2 Å². The van der Waals surface area contributed by atoms with Crippen molar-refractivity contribution in [2.45, 2.75) is 24.4 Å². The third kappa shape index (κ3) is 4.68. The van der Waals surface area contributed by atoms with Crippen LogP contribution in [0.5, 0.6) is 0 Å². The predicted molar refractivity (Wildman–Crippen MR) is 66.2 cm³/mol. The lowest BCUT2D eigenvalue weighted by Crippen LogP contribution is -2.26. The first kappa shape index (κ1) is 15.7. The fraction of sp³-hybridized carbons (Fsp3) is 0.333. The van der Waals surface area contributed by atoms with E-state index in [9.17, 15) is 21.6 Å². The summed E-state index contributed by atoms with van der Waals surface area (Å²) in [7, 11) is -3.78. The van der Waals surface area contributed by atoms with Crippen molar-refractivity contribution in [2.75, 3.05) is 6.54 Å². The van der Waals surface area contributed by atoms with Crippen LogP contribution in [0.4, 0.5) is 13.2 Å². The van der Waals surface area contributed by atoms with Crippen molar-refractivity contribution in [1.29, 1.82) is 0 Å². The smallest absolute Gasteiger partial charge is 0.211 e. The predicted octanol–water partition coefficient (Wildman–Crippen LogP) is 2.78. The van der Waals surface area contributed by atoms with Gasteiger partial charge in [-0.3, -0.25) is 0 Å². The van der Waals surface area contributed by atoms with Gasteiger partial charge in [-0.05, 0) is 25.5 Å². The van der Waals surface area contributed by atoms with Gasteiger partial charge in [0.25, 0.3) is 0 Å². The lowest BCUT2D eigenvalue weighted by molar-refractivity contribution is -0.0934. The van der Waals surface area contributed by atoms with E-state index in [-0.39, 0.29) is 11.4 Å². The Hall–Kier alpha value is -1.34. The van der Waals surface area contributed by atoms with Gasteiger partial charge in [0.2, 0.25) is 10.0 Å². The van der Waals surface area contributed by atoms with Crippen LogP contribution in [0.1, 0.15) is 12.0 Å². The number of sulfonamides is 1. The number of hydrogen-bond donors (Lipinski definition) is 1. The molecule has 106 valence electrons. The first-order valence-corrected chi connectivity index (χ1v) is 6.92. The van der Waals surface area contributed by atoms with E-state index in [1.54, 1.807) is 19.1 Å². The van der Waals surface area contributed by atoms with E-state index in [0.29, 0.717) is 0 Å². The summed E-state index contributed by atoms with van der Waals surface area (Å²) in [6, 6.07) is 6.03. The highest BCUT2D eigenvalue weighted by atomic mass is 32.2. The Morgan fingerprint density at radius 3 is 2.26 bits per heavy atom. The molecular formula is C12H14F3NO2S. The van der Waals surface area contributed by atoms with Crippen LogP contribution >= 0.6 is 0 Å². The number of hydrogen-bond acceptors (Lipinski definition) is 2. The van der Waals surface area contributed by atoms with Crippen LogP contribution in [0.25, 0.3) is 0 Å². The number of nitrogens with one attached hydrogen (secondary N) is 1. The van der Waals surface area contributed by atoms with Gasteiger partial charge in [-0.15, -0.1) is 0 Å². The van der Waals surface area contributed by atoms with Crippen LogP contribution in [-0.2, 0) is 10.0 Å². The zero-order valence-corrected chi connectivity index (χ0v) is 11.1. The molecule has 0 aliphatic rings. The first-order valence-electron chi connectivity index (χ1n) is 5.44. The number of alkyl halides is 3. The molecule has 1 rings (SSSR count). The highest BCUT2D eigenvalue weighted by Crippen LogP contribution is 2.26. The van der Waals surface area contributed by atoms with E-state index in [1.165, 1.54) is 12.1 Å². The average molecular weight is 293 g/mol. The van der Waals surface area contributed by atoms with Crippen LogP contribution in [0.15, 0.2) is 41.3 Å². The van der Waals surface area contributed by atoms with Crippen LogP contribution in [-0.4, -0.2) is 21.1 Å². The fourth-order valence-electron chi connectivity index (χ4n) is 1.28. The van der Waals surface area contributed by atoms with Crippen LogP contribution < -0.4 is 4.72 Å². The lowest BCUT2D eigenvalue weighted by atomic mass is 10.2. The molecular weight excluding hydrogens is 279 g/mol. The minimum absolute atomic E-state index is 0.0238. The average Bonchev–Trinajstić information content (AvgIpc) is 2.28. The Kier molecular flexibility index (Phi) is 4.75. The molecule has 0 atom stereocenters. The van der Waals surface area contributed by atoms with Crippen molar-refractivity contribution in [3.8, 4) is 0 Å². The lowest BCUT2D eigenvalue weighted by Gasteiger charge is -2.11. The summed E-state index contributed by atoms with van der Waals surface area (Å²) in [6.07, 6.45) is -4.97. The zero-order valence-electron chi connectivity index (χ0n) is 10.3. The molecule has 1 aromatic rings. The monoisotopic (exact) mass is 293 g/mol. The van der Waals surface area contributed by atoms with E-state index >= 15 is 0 Å². The van der Waals surface area contributed by atoms with Gasteiger partial charge in [0.1, 0.15) is 0 Å². The summed E-state index contributed by atoms with van der Waals surface area (Å²) in [6.45, 7) is 4.33. The second kappa shape index (κ2) is 5.75. The fourth-order valence-corrected chi connectivity index (χ4v) is 2.31. The number of aryl methyl sites for hydroxylation is 1. The highest BCUT2D eigenvalue weighted by molar-refractivity contribution is 7.89. The van der Waals surface area contributed by atoms with Gasteiger partial charge in [0, 0.05) is 12.1 Å². The summed E-state index contributed by atoms with van der Waals surface area (Å²) in [5, 5.41) is 0. The van der Waals surface area contributed by atoms with Gasteiger partial charge < -0.3 is 0 Å². The van der Waals surface area contributed by atoms with E-state index in [1.807, 2.05) is 0 Å². The van der Waals surface area contributed by atoms with Gasteiger partial charge >= 0.3 is 6.18 Å². The van der Waals surface area contributed by atoms with Crippen molar-refractivity contribution in [2.24, 2.45) is 0 Å². The molecule has 19 heavy (non-hydrogen) atoms. The minimum atomic E-state index is -4.49. The first-order chi connectivity index (χ1) is 8.63. The largest absolute Gasteiger partial charge is 0.412 e. The molecule has 3 nitrogen and oxygen atoms in total. The van der Waals surface area contributed by atoms with Crippen molar-refractivity contribution >= 4 is 10.0 Å². The number of rotatable bonds is 5. The van der Waals surface area contributed by atoms with Crippen LogP contribution in [0, 0.1) is 6.92 Å². The molecule has 7 heteroatoms. The molecule has 0 saturated carbocycles. The van der Waals surface area contributed by atoms with E-state index in [4.69, 9.17) is 0 Å². The molecule has 0 spiro atoms. The third-order valence-electron chi connectivity index (χ3n) is 2.45. The summed E-state index contributed by atoms with van der Waals surface area (Å²) in [5.41, 5.74) is -0.0662. The van der Waals surface area contributed by atoms with Crippen molar-refractivity contribution in [3.05, 3.63) is 42.0 Å². The SMILES string of the molecule is C=C(CCNS(=O)(=O)c1ccc(C)cc1)C(F)(F)F. The quantitative estimate of drug-likeness (QED) is 0.849. The van der Waals surface area contributed by atoms with Crippen LogP contribution in [0.3, 0.4) is 0 Å². The van der Waals surface area contributed by atoms with Crippen LogP contribution in [0.2, 0.25) is 0 Å². The summed E-state index contributed by atoms with van der Waals surface area (Å²) in [4.78, 5) is 0.0238. The maximum atomic E-state index is 12.2. The van der Waals surface area contributed by atoms with Gasteiger partial charge in [-0.1, -0.05) is 24.3 Å². The Morgan fingerprint density at radius 2 is 1.79 bits per heavy atom. The maximum Gasteiger partial charge on any atom is 0.412 e. The Morgan fingerprint density at radius 1 is 1.26 bits per heavy atom. The Balaban J connectivity index is 2.62.